The molecular formula is C16H25N3O. The van der Waals surface area contributed by atoms with Gasteiger partial charge in [-0.25, -0.2) is 0 Å². The first-order chi connectivity index (χ1) is 9.58. The van der Waals surface area contributed by atoms with Gasteiger partial charge in [0.05, 0.1) is 6.54 Å². The van der Waals surface area contributed by atoms with Gasteiger partial charge in [-0.1, -0.05) is 18.2 Å². The van der Waals surface area contributed by atoms with Gasteiger partial charge in [-0.05, 0) is 38.3 Å². The van der Waals surface area contributed by atoms with Gasteiger partial charge in [0, 0.05) is 31.4 Å². The van der Waals surface area contributed by atoms with Crippen molar-refractivity contribution in [3.05, 3.63) is 29.8 Å². The Kier molecular flexibility index (Phi) is 5.01. The Morgan fingerprint density at radius 2 is 1.95 bits per heavy atom. The van der Waals surface area contributed by atoms with Crippen molar-refractivity contribution < 1.29 is 4.79 Å². The molecule has 0 radical (unpaired) electrons. The molecule has 110 valence electrons. The van der Waals surface area contributed by atoms with Crippen LogP contribution in [0.5, 0.6) is 0 Å². The molecule has 0 aromatic heterocycles. The van der Waals surface area contributed by atoms with E-state index in [0.29, 0.717) is 12.6 Å². The number of hydrogen-bond acceptors (Lipinski definition) is 3. The number of anilines is 1. The monoisotopic (exact) mass is 275 g/mol. The molecule has 1 saturated heterocycles. The van der Waals surface area contributed by atoms with Gasteiger partial charge in [-0.15, -0.1) is 0 Å². The van der Waals surface area contributed by atoms with Crippen LogP contribution in [0.2, 0.25) is 0 Å². The van der Waals surface area contributed by atoms with Crippen LogP contribution < -0.4 is 5.73 Å². The van der Waals surface area contributed by atoms with Crippen LogP contribution in [-0.2, 0) is 11.3 Å². The fourth-order valence-corrected chi connectivity index (χ4v) is 2.56. The summed E-state index contributed by atoms with van der Waals surface area (Å²) in [4.78, 5) is 16.5. The van der Waals surface area contributed by atoms with Gasteiger partial charge in [0.2, 0.25) is 5.91 Å². The minimum absolute atomic E-state index is 0.241. The van der Waals surface area contributed by atoms with E-state index < -0.39 is 0 Å². The first kappa shape index (κ1) is 14.9. The maximum Gasteiger partial charge on any atom is 0.236 e. The van der Waals surface area contributed by atoms with E-state index in [4.69, 9.17) is 5.73 Å². The fourth-order valence-electron chi connectivity index (χ4n) is 2.56. The van der Waals surface area contributed by atoms with Crippen molar-refractivity contribution in [1.29, 1.82) is 0 Å². The second-order valence-corrected chi connectivity index (χ2v) is 5.79. The number of amides is 1. The van der Waals surface area contributed by atoms with Crippen LogP contribution in [0.25, 0.3) is 0 Å². The largest absolute Gasteiger partial charge is 0.398 e. The van der Waals surface area contributed by atoms with Gasteiger partial charge in [-0.2, -0.15) is 0 Å². The summed E-state index contributed by atoms with van der Waals surface area (Å²) < 4.78 is 0. The number of nitrogens with zero attached hydrogens (tertiary/aromatic N) is 2. The number of para-hydroxylation sites is 1. The van der Waals surface area contributed by atoms with Gasteiger partial charge < -0.3 is 10.6 Å². The highest BCUT2D eigenvalue weighted by Gasteiger charge is 2.22. The van der Waals surface area contributed by atoms with Crippen LogP contribution in [0.1, 0.15) is 32.3 Å². The zero-order valence-electron chi connectivity index (χ0n) is 12.5. The Balaban J connectivity index is 2.00. The summed E-state index contributed by atoms with van der Waals surface area (Å²) in [6.07, 6.45) is 2.28. The molecule has 1 fully saturated rings. The maximum absolute atomic E-state index is 12.3. The molecule has 1 heterocycles. The van der Waals surface area contributed by atoms with Crippen LogP contribution in [0.4, 0.5) is 5.69 Å². The zero-order chi connectivity index (χ0) is 14.5. The van der Waals surface area contributed by atoms with Gasteiger partial charge in [0.25, 0.3) is 0 Å². The maximum atomic E-state index is 12.3. The van der Waals surface area contributed by atoms with Gasteiger partial charge in [-0.3, -0.25) is 9.69 Å². The molecule has 1 aromatic rings. The summed E-state index contributed by atoms with van der Waals surface area (Å²) >= 11 is 0. The average molecular weight is 275 g/mol. The van der Waals surface area contributed by atoms with Gasteiger partial charge in [0.15, 0.2) is 0 Å². The lowest BCUT2D eigenvalue weighted by molar-refractivity contribution is -0.131. The molecule has 4 nitrogen and oxygen atoms in total. The molecule has 1 amide bonds. The minimum atomic E-state index is 0.241. The van der Waals surface area contributed by atoms with Crippen LogP contribution in [0.15, 0.2) is 24.3 Å². The molecule has 1 aliphatic heterocycles. The fraction of sp³-hybridized carbons (Fsp3) is 0.562. The number of nitrogens with two attached hydrogens (primary N) is 1. The number of rotatable bonds is 5. The summed E-state index contributed by atoms with van der Waals surface area (Å²) in [6, 6.07) is 8.20. The molecule has 1 aromatic carbocycles. The van der Waals surface area contributed by atoms with Crippen molar-refractivity contribution >= 4 is 11.6 Å². The topological polar surface area (TPSA) is 49.6 Å². The lowest BCUT2D eigenvalue weighted by atomic mass is 10.1. The molecule has 0 atom stereocenters. The van der Waals surface area contributed by atoms with Crippen LogP contribution >= 0.6 is 0 Å². The summed E-state index contributed by atoms with van der Waals surface area (Å²) in [5, 5.41) is 0. The third kappa shape index (κ3) is 3.73. The molecule has 0 aliphatic carbocycles. The Morgan fingerprint density at radius 1 is 1.30 bits per heavy atom. The highest BCUT2D eigenvalue weighted by Crippen LogP contribution is 2.16. The average Bonchev–Trinajstić information content (AvgIpc) is 2.94. The van der Waals surface area contributed by atoms with Crippen LogP contribution in [-0.4, -0.2) is 41.4 Å². The molecule has 20 heavy (non-hydrogen) atoms. The smallest absolute Gasteiger partial charge is 0.236 e. The van der Waals surface area contributed by atoms with E-state index >= 15 is 0 Å². The summed E-state index contributed by atoms with van der Waals surface area (Å²) in [6.45, 7) is 7.28. The first-order valence-electron chi connectivity index (χ1n) is 7.43. The molecular weight excluding hydrogens is 250 g/mol. The van der Waals surface area contributed by atoms with E-state index in [9.17, 15) is 4.79 Å². The number of nitrogen functional groups attached to an aromatic ring is 1. The standard InChI is InChI=1S/C16H25N3O/c1-13(2)19(11-14-7-3-4-8-15(14)17)12-16(20)18-9-5-6-10-18/h3-4,7-8,13H,5-6,9-12,17H2,1-2H3. The summed E-state index contributed by atoms with van der Waals surface area (Å²) in [5.74, 6) is 0.241. The minimum Gasteiger partial charge on any atom is -0.398 e. The van der Waals surface area contributed by atoms with Crippen LogP contribution in [0.3, 0.4) is 0 Å². The third-order valence-electron chi connectivity index (χ3n) is 3.96. The van der Waals surface area contributed by atoms with Crippen molar-refractivity contribution in [2.75, 3.05) is 25.4 Å². The lowest BCUT2D eigenvalue weighted by Gasteiger charge is -2.28. The summed E-state index contributed by atoms with van der Waals surface area (Å²) in [7, 11) is 0. The number of likely N-dealkylation sites (tertiary alicyclic amines) is 1. The highest BCUT2D eigenvalue weighted by molar-refractivity contribution is 5.78. The number of hydrogen-bond donors (Lipinski definition) is 1. The zero-order valence-corrected chi connectivity index (χ0v) is 12.5. The van der Waals surface area contributed by atoms with Gasteiger partial charge in [0.1, 0.15) is 0 Å². The molecule has 2 N–H and O–H groups in total. The number of benzene rings is 1. The van der Waals surface area contributed by atoms with Gasteiger partial charge >= 0.3 is 0 Å². The van der Waals surface area contributed by atoms with Crippen molar-refractivity contribution in [2.45, 2.75) is 39.3 Å². The van der Waals surface area contributed by atoms with Crippen LogP contribution in [0, 0.1) is 0 Å². The predicted octanol–water partition coefficient (Wildman–Crippen LogP) is 2.10. The summed E-state index contributed by atoms with van der Waals surface area (Å²) in [5.41, 5.74) is 7.89. The molecule has 0 unspecified atom stereocenters. The second-order valence-electron chi connectivity index (χ2n) is 5.79. The number of carbonyl (C=O) groups excluding carboxylic acids is 1. The first-order valence-corrected chi connectivity index (χ1v) is 7.43. The Morgan fingerprint density at radius 3 is 2.55 bits per heavy atom. The molecule has 1 aliphatic rings. The molecule has 4 heteroatoms. The molecule has 0 saturated carbocycles. The highest BCUT2D eigenvalue weighted by atomic mass is 16.2. The lowest BCUT2D eigenvalue weighted by Crippen LogP contribution is -2.41. The van der Waals surface area contributed by atoms with Crippen molar-refractivity contribution in [3.63, 3.8) is 0 Å². The predicted molar refractivity (Wildman–Crippen MR) is 82.2 cm³/mol. The van der Waals surface area contributed by atoms with E-state index in [2.05, 4.69) is 18.7 Å². The number of carbonyl (C=O) groups is 1. The Bertz CT molecular complexity index is 453. The Hall–Kier alpha value is -1.55. The molecule has 0 spiro atoms. The second kappa shape index (κ2) is 6.75. The normalized spacial score (nSPS) is 15.3. The van der Waals surface area contributed by atoms with Crippen molar-refractivity contribution in [2.24, 2.45) is 0 Å². The van der Waals surface area contributed by atoms with E-state index in [1.54, 1.807) is 0 Å². The molecule has 2 rings (SSSR count). The van der Waals surface area contributed by atoms with E-state index in [0.717, 1.165) is 43.7 Å². The van der Waals surface area contributed by atoms with Crippen molar-refractivity contribution in [3.8, 4) is 0 Å². The van der Waals surface area contributed by atoms with E-state index in [-0.39, 0.29) is 5.91 Å². The van der Waals surface area contributed by atoms with Crippen molar-refractivity contribution in [1.82, 2.24) is 9.80 Å². The van der Waals surface area contributed by atoms with E-state index in [1.807, 2.05) is 29.2 Å². The third-order valence-corrected chi connectivity index (χ3v) is 3.96. The Labute approximate surface area is 121 Å². The molecule has 0 bridgehead atoms. The quantitative estimate of drug-likeness (QED) is 0.837. The SMILES string of the molecule is CC(C)N(CC(=O)N1CCCC1)Cc1ccccc1N. The van der Waals surface area contributed by atoms with E-state index in [1.165, 1.54) is 0 Å².